The molecule has 142 valence electrons. The largest absolute Gasteiger partial charge is 0.454 e. The lowest BCUT2D eigenvalue weighted by Crippen LogP contribution is -2.48. The van der Waals surface area contributed by atoms with Gasteiger partial charge in [-0.25, -0.2) is 0 Å². The first kappa shape index (κ1) is 17.6. The van der Waals surface area contributed by atoms with Crippen molar-refractivity contribution in [2.24, 2.45) is 5.92 Å². The van der Waals surface area contributed by atoms with E-state index in [-0.39, 0.29) is 24.7 Å². The number of carbonyl (C=O) groups is 1. The summed E-state index contributed by atoms with van der Waals surface area (Å²) in [6.07, 6.45) is 1.76. The summed E-state index contributed by atoms with van der Waals surface area (Å²) in [5, 5.41) is 0. The van der Waals surface area contributed by atoms with Crippen LogP contribution in [0.4, 0.5) is 0 Å². The number of nitrogens with zero attached hydrogens (tertiary/aromatic N) is 3. The summed E-state index contributed by atoms with van der Waals surface area (Å²) in [5.41, 5.74) is 0.545. The summed E-state index contributed by atoms with van der Waals surface area (Å²) in [6, 6.07) is 5.08. The van der Waals surface area contributed by atoms with Gasteiger partial charge in [-0.15, -0.1) is 0 Å². The maximum absolute atomic E-state index is 13.1. The molecule has 5 rings (SSSR count). The Bertz CT molecular complexity index is 826. The van der Waals surface area contributed by atoms with E-state index in [0.29, 0.717) is 36.7 Å². The zero-order chi connectivity index (χ0) is 18.5. The molecule has 1 aromatic rings. The van der Waals surface area contributed by atoms with Crippen molar-refractivity contribution in [2.75, 3.05) is 40.5 Å². The third-order valence-corrected chi connectivity index (χ3v) is 7.22. The fourth-order valence-electron chi connectivity index (χ4n) is 3.90. The predicted molar refractivity (Wildman–Crippen MR) is 94.3 cm³/mol. The van der Waals surface area contributed by atoms with Gasteiger partial charge in [-0.05, 0) is 37.0 Å². The molecule has 0 aliphatic carbocycles. The minimum Gasteiger partial charge on any atom is -0.454 e. The molecule has 2 atom stereocenters. The first-order valence-electron chi connectivity index (χ1n) is 8.74. The molecule has 0 unspecified atom stereocenters. The van der Waals surface area contributed by atoms with Crippen molar-refractivity contribution in [3.8, 4) is 11.5 Å². The number of rotatable bonds is 3. The molecular formula is C17H23N3O5S. The number of ether oxygens (including phenoxy) is 2. The fourth-order valence-corrected chi connectivity index (χ4v) is 5.12. The highest BCUT2D eigenvalue weighted by atomic mass is 32.2. The molecule has 1 aromatic carbocycles. The van der Waals surface area contributed by atoms with Crippen molar-refractivity contribution in [2.45, 2.75) is 18.9 Å². The predicted octanol–water partition coefficient (Wildman–Crippen LogP) is 0.758. The van der Waals surface area contributed by atoms with E-state index in [4.69, 9.17) is 9.47 Å². The second kappa shape index (κ2) is 6.40. The highest BCUT2D eigenvalue weighted by Crippen LogP contribution is 2.35. The number of carbonyl (C=O) groups excluding carboxylic acids is 1. The zero-order valence-corrected chi connectivity index (χ0v) is 15.7. The van der Waals surface area contributed by atoms with Gasteiger partial charge < -0.3 is 14.4 Å². The van der Waals surface area contributed by atoms with Crippen LogP contribution in [-0.2, 0) is 10.2 Å². The van der Waals surface area contributed by atoms with Crippen LogP contribution in [0.2, 0.25) is 0 Å². The van der Waals surface area contributed by atoms with E-state index in [1.165, 1.54) is 22.7 Å². The lowest BCUT2D eigenvalue weighted by atomic mass is 9.94. The van der Waals surface area contributed by atoms with Gasteiger partial charge in [0.2, 0.25) is 6.79 Å². The fraction of sp³-hybridized carbons (Fsp3) is 0.588. The van der Waals surface area contributed by atoms with E-state index in [1.807, 2.05) is 4.90 Å². The Hall–Kier alpha value is -1.84. The average molecular weight is 381 g/mol. The van der Waals surface area contributed by atoms with Crippen molar-refractivity contribution in [3.63, 3.8) is 0 Å². The van der Waals surface area contributed by atoms with Crippen LogP contribution in [0.25, 0.3) is 0 Å². The zero-order valence-electron chi connectivity index (χ0n) is 14.9. The van der Waals surface area contributed by atoms with Gasteiger partial charge in [-0.1, -0.05) is 0 Å². The molecule has 3 saturated heterocycles. The summed E-state index contributed by atoms with van der Waals surface area (Å²) < 4.78 is 38.5. The Kier molecular flexibility index (Phi) is 4.32. The number of hydrogen-bond donors (Lipinski definition) is 0. The van der Waals surface area contributed by atoms with Crippen LogP contribution in [0.15, 0.2) is 18.2 Å². The van der Waals surface area contributed by atoms with Crippen molar-refractivity contribution in [1.29, 1.82) is 0 Å². The monoisotopic (exact) mass is 381 g/mol. The van der Waals surface area contributed by atoms with Gasteiger partial charge in [0.25, 0.3) is 16.1 Å². The van der Waals surface area contributed by atoms with E-state index >= 15 is 0 Å². The minimum atomic E-state index is -3.48. The average Bonchev–Trinajstić information content (AvgIpc) is 2.88. The lowest BCUT2D eigenvalue weighted by Gasteiger charge is -2.36. The molecule has 8 nitrogen and oxygen atoms in total. The number of fused-ring (bicyclic) bond motifs is 5. The first-order valence-corrected chi connectivity index (χ1v) is 10.1. The Balaban J connectivity index is 1.58. The normalized spacial score (nSPS) is 25.6. The lowest BCUT2D eigenvalue weighted by molar-refractivity contribution is 0.0588. The molecule has 26 heavy (non-hydrogen) atoms. The van der Waals surface area contributed by atoms with Crippen molar-refractivity contribution in [3.05, 3.63) is 23.8 Å². The molecule has 4 aliphatic heterocycles. The van der Waals surface area contributed by atoms with E-state index in [0.717, 1.165) is 12.8 Å². The molecule has 0 spiro atoms. The van der Waals surface area contributed by atoms with E-state index in [2.05, 4.69) is 0 Å². The van der Waals surface area contributed by atoms with Gasteiger partial charge >= 0.3 is 0 Å². The van der Waals surface area contributed by atoms with Crippen LogP contribution in [0.1, 0.15) is 23.2 Å². The summed E-state index contributed by atoms with van der Waals surface area (Å²) in [5.74, 6) is 1.29. The number of hydrogen-bond acceptors (Lipinski definition) is 5. The molecule has 3 fully saturated rings. The van der Waals surface area contributed by atoms with Gasteiger partial charge in [0.1, 0.15) is 0 Å². The Morgan fingerprint density at radius 3 is 2.65 bits per heavy atom. The Morgan fingerprint density at radius 2 is 1.88 bits per heavy atom. The third-order valence-electron chi connectivity index (χ3n) is 5.35. The molecule has 2 bridgehead atoms. The Morgan fingerprint density at radius 1 is 1.12 bits per heavy atom. The summed E-state index contributed by atoms with van der Waals surface area (Å²) in [4.78, 5) is 14.9. The maximum Gasteiger partial charge on any atom is 0.281 e. The number of amides is 1. The molecule has 0 aromatic heterocycles. The van der Waals surface area contributed by atoms with Crippen molar-refractivity contribution in [1.82, 2.24) is 13.5 Å². The van der Waals surface area contributed by atoms with E-state index in [9.17, 15) is 13.2 Å². The molecule has 0 N–H and O–H groups in total. The van der Waals surface area contributed by atoms with Crippen molar-refractivity contribution < 1.29 is 22.7 Å². The summed E-state index contributed by atoms with van der Waals surface area (Å²) in [6.45, 7) is 1.55. The second-order valence-corrected chi connectivity index (χ2v) is 9.37. The quantitative estimate of drug-likeness (QED) is 0.772. The van der Waals surface area contributed by atoms with E-state index < -0.39 is 10.2 Å². The van der Waals surface area contributed by atoms with Gasteiger partial charge in [0.05, 0.1) is 0 Å². The SMILES string of the molecule is CN(C)S(=O)(=O)N1C[C@H]2CC[C@@H](C1)N(C(=O)c1ccc3c(c1)OCO3)C2. The summed E-state index contributed by atoms with van der Waals surface area (Å²) in [7, 11) is -0.400. The number of piperidine rings is 1. The standard InChI is InChI=1S/C17H23N3O5S/c1-18(2)26(22,23)19-8-12-3-5-14(10-19)20(9-12)17(21)13-4-6-15-16(7-13)25-11-24-15/h4,6-7,12,14H,3,5,8-11H2,1-2H3/t12-,14+/m1/s1. The van der Waals surface area contributed by atoms with Crippen LogP contribution >= 0.6 is 0 Å². The third kappa shape index (κ3) is 2.93. The highest BCUT2D eigenvalue weighted by Gasteiger charge is 2.41. The molecule has 0 radical (unpaired) electrons. The number of benzene rings is 1. The molecule has 4 aliphatic rings. The smallest absolute Gasteiger partial charge is 0.281 e. The van der Waals surface area contributed by atoms with E-state index in [1.54, 1.807) is 18.2 Å². The molecular weight excluding hydrogens is 358 g/mol. The van der Waals surface area contributed by atoms with Gasteiger partial charge in [0, 0.05) is 45.3 Å². The molecule has 1 amide bonds. The minimum absolute atomic E-state index is 0.0814. The molecule has 9 heteroatoms. The van der Waals surface area contributed by atoms with Crippen LogP contribution in [0.5, 0.6) is 11.5 Å². The van der Waals surface area contributed by atoms with Crippen LogP contribution < -0.4 is 9.47 Å². The molecule has 4 heterocycles. The Labute approximate surface area is 153 Å². The highest BCUT2D eigenvalue weighted by molar-refractivity contribution is 7.86. The van der Waals surface area contributed by atoms with Gasteiger partial charge in [-0.3, -0.25) is 4.79 Å². The maximum atomic E-state index is 13.1. The first-order chi connectivity index (χ1) is 12.4. The van der Waals surface area contributed by atoms with Gasteiger partial charge in [0.15, 0.2) is 11.5 Å². The summed E-state index contributed by atoms with van der Waals surface area (Å²) >= 11 is 0. The van der Waals surface area contributed by atoms with Crippen LogP contribution in [0, 0.1) is 5.92 Å². The topological polar surface area (TPSA) is 79.4 Å². The second-order valence-electron chi connectivity index (χ2n) is 7.23. The van der Waals surface area contributed by atoms with Crippen LogP contribution in [0.3, 0.4) is 0 Å². The molecule has 0 saturated carbocycles. The van der Waals surface area contributed by atoms with Crippen LogP contribution in [-0.4, -0.2) is 74.4 Å². The van der Waals surface area contributed by atoms with Gasteiger partial charge in [-0.2, -0.15) is 17.0 Å². The van der Waals surface area contributed by atoms with Crippen molar-refractivity contribution >= 4 is 16.1 Å².